The first-order valence-electron chi connectivity index (χ1n) is 4.83. The molecule has 21 heavy (non-hydrogen) atoms. The SMILES string of the molecule is C.C1CCNC1.F[B-](F)(F)F.F[B-](F)(F)F.F[B-](F)(F)F. The van der Waals surface area contributed by atoms with Gasteiger partial charge in [0.2, 0.25) is 0 Å². The molecule has 0 aromatic rings. The van der Waals surface area contributed by atoms with Crippen LogP contribution in [0.3, 0.4) is 0 Å². The largest absolute Gasteiger partial charge is 0.673 e. The summed E-state index contributed by atoms with van der Waals surface area (Å²) in [5.74, 6) is 0. The molecular weight excluding hydrogens is 334 g/mol. The van der Waals surface area contributed by atoms with Crippen LogP contribution in [-0.2, 0) is 0 Å². The number of hydrogen-bond acceptors (Lipinski definition) is 1. The molecule has 0 aromatic carbocycles. The van der Waals surface area contributed by atoms with Crippen molar-refractivity contribution in [1.29, 1.82) is 0 Å². The van der Waals surface area contributed by atoms with E-state index in [1.807, 2.05) is 0 Å². The molecule has 1 rings (SSSR count). The topological polar surface area (TPSA) is 12.0 Å². The van der Waals surface area contributed by atoms with Crippen molar-refractivity contribution < 1.29 is 51.8 Å². The molecular formula is C5H13B3F12N-3. The van der Waals surface area contributed by atoms with Gasteiger partial charge in [0.25, 0.3) is 0 Å². The highest BCUT2D eigenvalue weighted by Crippen LogP contribution is 2.07. The Labute approximate surface area is 113 Å². The smallest absolute Gasteiger partial charge is 0.418 e. The molecule has 0 aromatic heterocycles. The van der Waals surface area contributed by atoms with Crippen molar-refractivity contribution in [2.24, 2.45) is 0 Å². The monoisotopic (exact) mass is 348 g/mol. The van der Waals surface area contributed by atoms with E-state index in [9.17, 15) is 51.8 Å². The Bertz CT molecular complexity index is 154. The first-order chi connectivity index (χ1) is 8.50. The zero-order chi connectivity index (χ0) is 17.0. The molecule has 1 N–H and O–H groups in total. The highest BCUT2D eigenvalue weighted by molar-refractivity contribution is 6.50. The summed E-state index contributed by atoms with van der Waals surface area (Å²) < 4.78 is 117. The molecule has 1 fully saturated rings. The van der Waals surface area contributed by atoms with Gasteiger partial charge in [-0.15, -0.1) is 0 Å². The Hall–Kier alpha value is -0.685. The van der Waals surface area contributed by atoms with Gasteiger partial charge in [-0.1, -0.05) is 7.43 Å². The maximum Gasteiger partial charge on any atom is 0.673 e. The third kappa shape index (κ3) is 311. The third-order valence-corrected chi connectivity index (χ3v) is 0.957. The maximum atomic E-state index is 9.75. The zero-order valence-corrected chi connectivity index (χ0v) is 9.60. The van der Waals surface area contributed by atoms with E-state index in [1.54, 1.807) is 0 Å². The van der Waals surface area contributed by atoms with Crippen molar-refractivity contribution in [3.63, 3.8) is 0 Å². The van der Waals surface area contributed by atoms with Crippen molar-refractivity contribution in [1.82, 2.24) is 5.32 Å². The van der Waals surface area contributed by atoms with Crippen LogP contribution in [0.5, 0.6) is 0 Å². The quantitative estimate of drug-likeness (QED) is 0.485. The molecule has 1 heterocycles. The normalized spacial score (nSPS) is 14.3. The second-order valence-electron chi connectivity index (χ2n) is 2.94. The number of halogens is 12. The summed E-state index contributed by atoms with van der Waals surface area (Å²) in [6.07, 6.45) is 2.78. The molecule has 1 nitrogen and oxygen atoms in total. The van der Waals surface area contributed by atoms with E-state index in [0.717, 1.165) is 0 Å². The van der Waals surface area contributed by atoms with Crippen molar-refractivity contribution in [3.8, 4) is 0 Å². The van der Waals surface area contributed by atoms with E-state index < -0.39 is 21.8 Å². The Balaban J connectivity index is -0.0000000903. The molecule has 0 radical (unpaired) electrons. The Morgan fingerprint density at radius 2 is 0.619 bits per heavy atom. The first-order valence-corrected chi connectivity index (χ1v) is 4.83. The van der Waals surface area contributed by atoms with Crippen molar-refractivity contribution in [2.45, 2.75) is 20.3 Å². The summed E-state index contributed by atoms with van der Waals surface area (Å²) in [5.41, 5.74) is 0. The van der Waals surface area contributed by atoms with Crippen LogP contribution in [0.15, 0.2) is 0 Å². The van der Waals surface area contributed by atoms with Gasteiger partial charge in [0.05, 0.1) is 0 Å². The van der Waals surface area contributed by atoms with Gasteiger partial charge in [-0.25, -0.2) is 0 Å². The minimum atomic E-state index is -6.00. The number of hydrogen-bond donors (Lipinski definition) is 1. The lowest BCUT2D eigenvalue weighted by atomic mass is 10.3. The highest BCUT2D eigenvalue weighted by atomic mass is 19.5. The lowest BCUT2D eigenvalue weighted by molar-refractivity contribution is 0.366. The number of nitrogens with one attached hydrogen (secondary N) is 1. The summed E-state index contributed by atoms with van der Waals surface area (Å²) in [4.78, 5) is 0. The molecule has 0 spiro atoms. The molecule has 1 aliphatic heterocycles. The molecule has 134 valence electrons. The molecule has 1 saturated heterocycles. The van der Waals surface area contributed by atoms with Crippen molar-refractivity contribution in [3.05, 3.63) is 0 Å². The van der Waals surface area contributed by atoms with Crippen LogP contribution in [-0.4, -0.2) is 34.9 Å². The Kier molecular flexibility index (Phi) is 17.6. The van der Waals surface area contributed by atoms with E-state index in [-0.39, 0.29) is 7.43 Å². The van der Waals surface area contributed by atoms with Gasteiger partial charge < -0.3 is 57.1 Å². The van der Waals surface area contributed by atoms with Crippen LogP contribution >= 0.6 is 0 Å². The lowest BCUT2D eigenvalue weighted by Gasteiger charge is -1.94. The van der Waals surface area contributed by atoms with Gasteiger partial charge in [0.1, 0.15) is 0 Å². The predicted molar refractivity (Wildman–Crippen MR) is 59.4 cm³/mol. The van der Waals surface area contributed by atoms with Crippen LogP contribution in [0.25, 0.3) is 0 Å². The van der Waals surface area contributed by atoms with E-state index >= 15 is 0 Å². The van der Waals surface area contributed by atoms with Gasteiger partial charge in [0.15, 0.2) is 0 Å². The fourth-order valence-corrected chi connectivity index (χ4v) is 0.625. The minimum Gasteiger partial charge on any atom is -0.418 e. The predicted octanol–water partition coefficient (Wildman–Crippen LogP) is 4.91. The van der Waals surface area contributed by atoms with E-state index in [0.29, 0.717) is 0 Å². The standard InChI is InChI=1S/C4H9N.CH4.3BF4/c1-2-4-5-3-1;;3*2-1(3,4)5/h5H,1-4H2;1H4;;;/q;;3*-1. The molecule has 0 saturated carbocycles. The van der Waals surface area contributed by atoms with E-state index in [2.05, 4.69) is 5.32 Å². The van der Waals surface area contributed by atoms with Crippen molar-refractivity contribution in [2.75, 3.05) is 13.1 Å². The molecule has 0 aliphatic carbocycles. The molecule has 0 bridgehead atoms. The van der Waals surface area contributed by atoms with E-state index in [1.165, 1.54) is 25.9 Å². The molecule has 0 amide bonds. The second kappa shape index (κ2) is 13.0. The minimum absolute atomic E-state index is 0. The van der Waals surface area contributed by atoms with Gasteiger partial charge >= 0.3 is 21.8 Å². The van der Waals surface area contributed by atoms with Crippen LogP contribution in [0.4, 0.5) is 51.8 Å². The van der Waals surface area contributed by atoms with Gasteiger partial charge in [-0.2, -0.15) is 0 Å². The fraction of sp³-hybridized carbons (Fsp3) is 1.00. The Morgan fingerprint density at radius 3 is 0.667 bits per heavy atom. The summed E-state index contributed by atoms with van der Waals surface area (Å²) >= 11 is 0. The summed E-state index contributed by atoms with van der Waals surface area (Å²) in [6, 6.07) is 0. The zero-order valence-electron chi connectivity index (χ0n) is 9.60. The summed E-state index contributed by atoms with van der Waals surface area (Å²) in [6.45, 7) is 2.50. The summed E-state index contributed by atoms with van der Waals surface area (Å²) in [5, 5.41) is 3.22. The first kappa shape index (κ1) is 28.5. The fourth-order valence-electron chi connectivity index (χ4n) is 0.625. The molecule has 0 unspecified atom stereocenters. The second-order valence-corrected chi connectivity index (χ2v) is 2.94. The van der Waals surface area contributed by atoms with Crippen molar-refractivity contribution >= 4 is 21.8 Å². The molecule has 16 heteroatoms. The molecule has 0 atom stereocenters. The van der Waals surface area contributed by atoms with Gasteiger partial charge in [-0.05, 0) is 25.9 Å². The van der Waals surface area contributed by atoms with Crippen LogP contribution in [0.2, 0.25) is 0 Å². The highest BCUT2D eigenvalue weighted by Gasteiger charge is 2.21. The molecule has 1 aliphatic rings. The third-order valence-electron chi connectivity index (χ3n) is 0.957. The maximum absolute atomic E-state index is 9.75. The Morgan fingerprint density at radius 1 is 0.476 bits per heavy atom. The lowest BCUT2D eigenvalue weighted by Crippen LogP contribution is -2.03. The average molecular weight is 348 g/mol. The van der Waals surface area contributed by atoms with Crippen LogP contribution in [0.1, 0.15) is 20.3 Å². The average Bonchev–Trinajstić information content (AvgIpc) is 2.45. The van der Waals surface area contributed by atoms with Gasteiger partial charge in [0, 0.05) is 0 Å². The van der Waals surface area contributed by atoms with Gasteiger partial charge in [-0.3, -0.25) is 0 Å². The van der Waals surface area contributed by atoms with Crippen LogP contribution in [0, 0.1) is 0 Å². The summed E-state index contributed by atoms with van der Waals surface area (Å²) in [7, 11) is -18.0. The van der Waals surface area contributed by atoms with E-state index in [4.69, 9.17) is 0 Å². The number of rotatable bonds is 0. The van der Waals surface area contributed by atoms with Crippen LogP contribution < -0.4 is 5.32 Å².